The van der Waals surface area contributed by atoms with Crippen LogP contribution in [0.3, 0.4) is 0 Å². The van der Waals surface area contributed by atoms with Crippen molar-refractivity contribution in [2.45, 2.75) is 25.1 Å². The minimum absolute atomic E-state index is 0.138. The number of hydrogen-bond donors (Lipinski definition) is 1. The number of alkyl halides is 3. The van der Waals surface area contributed by atoms with E-state index in [1.165, 1.54) is 6.07 Å². The summed E-state index contributed by atoms with van der Waals surface area (Å²) < 4.78 is 38.0. The van der Waals surface area contributed by atoms with Gasteiger partial charge in [0.1, 0.15) is 0 Å². The van der Waals surface area contributed by atoms with Crippen LogP contribution in [0.2, 0.25) is 0 Å². The van der Waals surface area contributed by atoms with Crippen LogP contribution in [0.4, 0.5) is 24.5 Å². The number of halogens is 3. The highest BCUT2D eigenvalue weighted by Crippen LogP contribution is 2.41. The number of benzene rings is 1. The van der Waals surface area contributed by atoms with Gasteiger partial charge in [0.25, 0.3) is 0 Å². The molecular weight excluding hydrogens is 245 g/mol. The van der Waals surface area contributed by atoms with Crippen LogP contribution in [0.25, 0.3) is 0 Å². The standard InChI is InChI=1S/C12H11F3N2O/c13-12(14,15)7-1-4-9-10(5-7)17(8-2-3-8)6-11(18)16-9/h1,4-5,8H,2-3,6H2,(H,16,18). The molecule has 96 valence electrons. The molecule has 6 heteroatoms. The first-order chi connectivity index (χ1) is 8.45. The van der Waals surface area contributed by atoms with Crippen LogP contribution >= 0.6 is 0 Å². The Bertz CT molecular complexity index is 509. The van der Waals surface area contributed by atoms with Crippen LogP contribution in [-0.2, 0) is 11.0 Å². The average Bonchev–Trinajstić information content (AvgIpc) is 3.09. The molecule has 1 N–H and O–H groups in total. The Labute approximate surface area is 102 Å². The van der Waals surface area contributed by atoms with Gasteiger partial charge in [-0.3, -0.25) is 4.79 Å². The molecule has 1 saturated carbocycles. The van der Waals surface area contributed by atoms with E-state index in [0.29, 0.717) is 11.4 Å². The van der Waals surface area contributed by atoms with Crippen LogP contribution < -0.4 is 10.2 Å². The number of anilines is 2. The highest BCUT2D eigenvalue weighted by Gasteiger charge is 2.37. The maximum Gasteiger partial charge on any atom is 0.416 e. The molecule has 18 heavy (non-hydrogen) atoms. The van der Waals surface area contributed by atoms with Crippen molar-refractivity contribution in [1.29, 1.82) is 0 Å². The average molecular weight is 256 g/mol. The molecular formula is C12H11F3N2O. The Hall–Kier alpha value is -1.72. The molecule has 0 spiro atoms. The van der Waals surface area contributed by atoms with Crippen molar-refractivity contribution in [2.75, 3.05) is 16.8 Å². The Balaban J connectivity index is 2.04. The molecule has 0 saturated heterocycles. The van der Waals surface area contributed by atoms with E-state index in [2.05, 4.69) is 5.32 Å². The smallest absolute Gasteiger partial charge is 0.358 e. The van der Waals surface area contributed by atoms with Gasteiger partial charge in [0.2, 0.25) is 5.91 Å². The van der Waals surface area contributed by atoms with Gasteiger partial charge >= 0.3 is 6.18 Å². The summed E-state index contributed by atoms with van der Waals surface area (Å²) >= 11 is 0. The van der Waals surface area contributed by atoms with Crippen LogP contribution in [0.1, 0.15) is 18.4 Å². The van der Waals surface area contributed by atoms with E-state index < -0.39 is 11.7 Å². The van der Waals surface area contributed by atoms with E-state index in [1.807, 2.05) is 0 Å². The molecule has 0 atom stereocenters. The zero-order chi connectivity index (χ0) is 12.9. The molecule has 3 nitrogen and oxygen atoms in total. The first-order valence-corrected chi connectivity index (χ1v) is 5.73. The van der Waals surface area contributed by atoms with Gasteiger partial charge in [-0.05, 0) is 31.0 Å². The van der Waals surface area contributed by atoms with Gasteiger partial charge in [-0.2, -0.15) is 13.2 Å². The van der Waals surface area contributed by atoms with Crippen molar-refractivity contribution in [3.63, 3.8) is 0 Å². The first-order valence-electron chi connectivity index (χ1n) is 5.73. The Morgan fingerprint density at radius 1 is 1.28 bits per heavy atom. The molecule has 0 radical (unpaired) electrons. The number of amides is 1. The molecule has 1 aliphatic carbocycles. The summed E-state index contributed by atoms with van der Waals surface area (Å²) in [4.78, 5) is 13.2. The van der Waals surface area contributed by atoms with Gasteiger partial charge < -0.3 is 10.2 Å². The first kappa shape index (κ1) is 11.4. The van der Waals surface area contributed by atoms with Crippen molar-refractivity contribution < 1.29 is 18.0 Å². The Morgan fingerprint density at radius 3 is 2.61 bits per heavy atom. The normalized spacial score (nSPS) is 19.5. The number of rotatable bonds is 1. The molecule has 2 aliphatic rings. The lowest BCUT2D eigenvalue weighted by Gasteiger charge is -2.31. The van der Waals surface area contributed by atoms with Crippen molar-refractivity contribution in [2.24, 2.45) is 0 Å². The third kappa shape index (κ3) is 1.91. The van der Waals surface area contributed by atoms with Crippen molar-refractivity contribution in [3.05, 3.63) is 23.8 Å². The predicted octanol–water partition coefficient (Wildman–Crippen LogP) is 2.63. The highest BCUT2D eigenvalue weighted by molar-refractivity contribution is 6.01. The molecule has 1 aromatic rings. The van der Waals surface area contributed by atoms with E-state index in [0.717, 1.165) is 25.0 Å². The van der Waals surface area contributed by atoms with E-state index >= 15 is 0 Å². The van der Waals surface area contributed by atoms with Gasteiger partial charge in [0.15, 0.2) is 0 Å². The fraction of sp³-hybridized carbons (Fsp3) is 0.417. The molecule has 3 rings (SSSR count). The fourth-order valence-corrected chi connectivity index (χ4v) is 2.19. The lowest BCUT2D eigenvalue weighted by molar-refractivity contribution is -0.137. The zero-order valence-electron chi connectivity index (χ0n) is 9.42. The summed E-state index contributed by atoms with van der Waals surface area (Å²) in [6.07, 6.45) is -2.49. The van der Waals surface area contributed by atoms with E-state index in [4.69, 9.17) is 0 Å². The highest BCUT2D eigenvalue weighted by atomic mass is 19.4. The molecule has 0 bridgehead atoms. The second-order valence-corrected chi connectivity index (χ2v) is 4.64. The quantitative estimate of drug-likeness (QED) is 0.837. The van der Waals surface area contributed by atoms with Crippen LogP contribution in [0, 0.1) is 0 Å². The third-order valence-electron chi connectivity index (χ3n) is 3.21. The number of nitrogens with zero attached hydrogens (tertiary/aromatic N) is 1. The van der Waals surface area contributed by atoms with E-state index in [9.17, 15) is 18.0 Å². The predicted molar refractivity (Wildman–Crippen MR) is 60.4 cm³/mol. The summed E-state index contributed by atoms with van der Waals surface area (Å²) in [5, 5.41) is 2.60. The molecule has 1 heterocycles. The molecule has 1 amide bonds. The molecule has 0 unspecified atom stereocenters. The largest absolute Gasteiger partial charge is 0.416 e. The van der Waals surface area contributed by atoms with Gasteiger partial charge in [0, 0.05) is 6.04 Å². The maximum absolute atomic E-state index is 12.7. The number of carbonyl (C=O) groups excluding carboxylic acids is 1. The summed E-state index contributed by atoms with van der Waals surface area (Å²) in [5.41, 5.74) is 0.265. The Morgan fingerprint density at radius 2 is 2.00 bits per heavy atom. The SMILES string of the molecule is O=C1CN(C2CC2)c2cc(C(F)(F)F)ccc2N1. The lowest BCUT2D eigenvalue weighted by atomic mass is 10.1. The van der Waals surface area contributed by atoms with Crippen molar-refractivity contribution in [1.82, 2.24) is 0 Å². The second kappa shape index (κ2) is 3.63. The number of fused-ring (bicyclic) bond motifs is 1. The van der Waals surface area contributed by atoms with Crippen molar-refractivity contribution >= 4 is 17.3 Å². The summed E-state index contributed by atoms with van der Waals surface area (Å²) in [7, 11) is 0. The number of nitrogens with one attached hydrogen (secondary N) is 1. The maximum atomic E-state index is 12.7. The fourth-order valence-electron chi connectivity index (χ4n) is 2.19. The van der Waals surface area contributed by atoms with Gasteiger partial charge in [-0.15, -0.1) is 0 Å². The van der Waals surface area contributed by atoms with E-state index in [-0.39, 0.29) is 18.5 Å². The summed E-state index contributed by atoms with van der Waals surface area (Å²) in [6.45, 7) is 0.138. The minimum atomic E-state index is -4.36. The monoisotopic (exact) mass is 256 g/mol. The van der Waals surface area contributed by atoms with Gasteiger partial charge in [-0.25, -0.2) is 0 Å². The van der Waals surface area contributed by atoms with Gasteiger partial charge in [0.05, 0.1) is 23.5 Å². The number of carbonyl (C=O) groups is 1. The third-order valence-corrected chi connectivity index (χ3v) is 3.21. The second-order valence-electron chi connectivity index (χ2n) is 4.64. The minimum Gasteiger partial charge on any atom is -0.358 e. The van der Waals surface area contributed by atoms with Crippen LogP contribution in [-0.4, -0.2) is 18.5 Å². The zero-order valence-corrected chi connectivity index (χ0v) is 9.42. The molecule has 1 aromatic carbocycles. The lowest BCUT2D eigenvalue weighted by Crippen LogP contribution is -2.39. The summed E-state index contributed by atoms with van der Waals surface area (Å²) in [6, 6.07) is 3.64. The molecule has 1 aliphatic heterocycles. The van der Waals surface area contributed by atoms with Crippen LogP contribution in [0.5, 0.6) is 0 Å². The van der Waals surface area contributed by atoms with Gasteiger partial charge in [-0.1, -0.05) is 0 Å². The van der Waals surface area contributed by atoms with Crippen molar-refractivity contribution in [3.8, 4) is 0 Å². The number of hydrogen-bond acceptors (Lipinski definition) is 2. The topological polar surface area (TPSA) is 32.3 Å². The summed E-state index contributed by atoms with van der Waals surface area (Å²) in [5.74, 6) is -0.172. The molecule has 1 fully saturated rings. The Kier molecular flexibility index (Phi) is 2.30. The molecule has 0 aromatic heterocycles. The van der Waals surface area contributed by atoms with Crippen LogP contribution in [0.15, 0.2) is 18.2 Å². The van der Waals surface area contributed by atoms with E-state index in [1.54, 1.807) is 4.90 Å².